The van der Waals surface area contributed by atoms with Gasteiger partial charge in [-0.25, -0.2) is 4.98 Å². The largest absolute Gasteiger partial charge is 0.380 e. The first kappa shape index (κ1) is 13.1. The van der Waals surface area contributed by atoms with Gasteiger partial charge in [0.05, 0.1) is 11.6 Å². The van der Waals surface area contributed by atoms with Crippen LogP contribution in [0.4, 0.5) is 11.8 Å². The van der Waals surface area contributed by atoms with E-state index in [0.29, 0.717) is 5.95 Å². The van der Waals surface area contributed by atoms with Gasteiger partial charge in [0.25, 0.3) is 0 Å². The monoisotopic (exact) mass is 272 g/mol. The van der Waals surface area contributed by atoms with E-state index in [1.165, 1.54) is 0 Å². The second-order valence-corrected chi connectivity index (χ2v) is 5.08. The lowest BCUT2D eigenvalue weighted by Gasteiger charge is -2.33. The fourth-order valence-electron chi connectivity index (χ4n) is 2.74. The van der Waals surface area contributed by atoms with Crippen molar-refractivity contribution in [2.45, 2.75) is 18.9 Å². The summed E-state index contributed by atoms with van der Waals surface area (Å²) in [4.78, 5) is 11.5. The topological polar surface area (TPSA) is 50.3 Å². The minimum atomic E-state index is 0.288. The highest BCUT2D eigenvalue weighted by atomic mass is 16.5. The van der Waals surface area contributed by atoms with Crippen molar-refractivity contribution >= 4 is 22.7 Å². The number of nitrogens with one attached hydrogen (secondary N) is 1. The van der Waals surface area contributed by atoms with E-state index in [0.717, 1.165) is 42.7 Å². The van der Waals surface area contributed by atoms with Gasteiger partial charge in [0.2, 0.25) is 5.95 Å². The normalized spacial score (nSPS) is 19.3. The first-order chi connectivity index (χ1) is 9.81. The van der Waals surface area contributed by atoms with Crippen molar-refractivity contribution in [2.24, 2.45) is 0 Å². The Balaban J connectivity index is 2.04. The minimum Gasteiger partial charge on any atom is -0.380 e. The second-order valence-electron chi connectivity index (χ2n) is 5.08. The van der Waals surface area contributed by atoms with Gasteiger partial charge in [-0.1, -0.05) is 12.1 Å². The Kier molecular flexibility index (Phi) is 3.69. The average Bonchev–Trinajstić information content (AvgIpc) is 2.53. The van der Waals surface area contributed by atoms with Crippen LogP contribution in [-0.4, -0.2) is 43.3 Å². The maximum Gasteiger partial charge on any atom is 0.224 e. The van der Waals surface area contributed by atoms with Gasteiger partial charge in [-0.05, 0) is 25.0 Å². The third-order valence-corrected chi connectivity index (χ3v) is 3.82. The van der Waals surface area contributed by atoms with Crippen molar-refractivity contribution in [1.29, 1.82) is 0 Å². The number of piperidine rings is 1. The van der Waals surface area contributed by atoms with Gasteiger partial charge in [0.1, 0.15) is 5.82 Å². The quantitative estimate of drug-likeness (QED) is 0.929. The number of aromatic nitrogens is 2. The zero-order valence-electron chi connectivity index (χ0n) is 12.0. The van der Waals surface area contributed by atoms with Gasteiger partial charge in [-0.2, -0.15) is 4.98 Å². The molecule has 0 saturated carbocycles. The van der Waals surface area contributed by atoms with Crippen molar-refractivity contribution in [1.82, 2.24) is 9.97 Å². The summed E-state index contributed by atoms with van der Waals surface area (Å²) in [7, 11) is 3.63. The van der Waals surface area contributed by atoms with Crippen LogP contribution in [0.2, 0.25) is 0 Å². The minimum absolute atomic E-state index is 0.288. The average molecular weight is 272 g/mol. The summed E-state index contributed by atoms with van der Waals surface area (Å²) in [6, 6.07) is 8.15. The standard InChI is InChI=1S/C15H20N4O/c1-16-15-17-13-8-4-3-7-12(13)14(18-15)19-9-5-6-11(10-19)20-2/h3-4,7-8,11H,5-6,9-10H2,1-2H3,(H,16,17,18). The lowest BCUT2D eigenvalue weighted by molar-refractivity contribution is 0.0892. The van der Waals surface area contributed by atoms with Crippen molar-refractivity contribution in [3.63, 3.8) is 0 Å². The van der Waals surface area contributed by atoms with E-state index in [-0.39, 0.29) is 6.10 Å². The summed E-state index contributed by atoms with van der Waals surface area (Å²) in [5, 5.41) is 4.14. The highest BCUT2D eigenvalue weighted by Gasteiger charge is 2.22. The molecule has 1 fully saturated rings. The molecule has 0 bridgehead atoms. The highest BCUT2D eigenvalue weighted by molar-refractivity contribution is 5.90. The van der Waals surface area contributed by atoms with Crippen LogP contribution in [-0.2, 0) is 4.74 Å². The molecule has 1 atom stereocenters. The van der Waals surface area contributed by atoms with Crippen molar-refractivity contribution < 1.29 is 4.74 Å². The number of para-hydroxylation sites is 1. The van der Waals surface area contributed by atoms with Crippen molar-refractivity contribution in [2.75, 3.05) is 37.5 Å². The molecular weight excluding hydrogens is 252 g/mol. The summed E-state index contributed by atoms with van der Waals surface area (Å²) < 4.78 is 5.51. The molecule has 2 heterocycles. The Morgan fingerprint density at radius 3 is 2.95 bits per heavy atom. The summed E-state index contributed by atoms with van der Waals surface area (Å²) in [6.07, 6.45) is 2.54. The Bertz CT molecular complexity index is 601. The van der Waals surface area contributed by atoms with Gasteiger partial charge >= 0.3 is 0 Å². The van der Waals surface area contributed by atoms with Crippen molar-refractivity contribution in [3.05, 3.63) is 24.3 Å². The van der Waals surface area contributed by atoms with E-state index in [9.17, 15) is 0 Å². The van der Waals surface area contributed by atoms with Gasteiger partial charge in [-0.15, -0.1) is 0 Å². The van der Waals surface area contributed by atoms with E-state index in [2.05, 4.69) is 26.3 Å². The Hall–Kier alpha value is -1.88. The van der Waals surface area contributed by atoms with Crippen LogP contribution in [0.3, 0.4) is 0 Å². The van der Waals surface area contributed by atoms with Crippen LogP contribution in [0, 0.1) is 0 Å². The summed E-state index contributed by atoms with van der Waals surface area (Å²) >= 11 is 0. The van der Waals surface area contributed by atoms with Crippen LogP contribution < -0.4 is 10.2 Å². The smallest absolute Gasteiger partial charge is 0.224 e. The molecule has 3 rings (SSSR count). The van der Waals surface area contributed by atoms with Gasteiger partial charge in [0.15, 0.2) is 0 Å². The number of hydrogen-bond acceptors (Lipinski definition) is 5. The number of benzene rings is 1. The molecule has 5 nitrogen and oxygen atoms in total. The van der Waals surface area contributed by atoms with Crippen LogP contribution in [0.15, 0.2) is 24.3 Å². The third-order valence-electron chi connectivity index (χ3n) is 3.82. The number of nitrogens with zero attached hydrogens (tertiary/aromatic N) is 3. The third kappa shape index (κ3) is 2.41. The Labute approximate surface area is 119 Å². The summed E-state index contributed by atoms with van der Waals surface area (Å²) in [5.41, 5.74) is 0.974. The molecule has 1 aliphatic heterocycles. The predicted octanol–water partition coefficient (Wildman–Crippen LogP) is 2.29. The Morgan fingerprint density at radius 2 is 2.15 bits per heavy atom. The molecule has 5 heteroatoms. The molecule has 1 aromatic carbocycles. The molecular formula is C15H20N4O. The number of fused-ring (bicyclic) bond motifs is 1. The first-order valence-electron chi connectivity index (χ1n) is 7.04. The van der Waals surface area contributed by atoms with Crippen LogP contribution >= 0.6 is 0 Å². The number of ether oxygens (including phenoxy) is 1. The predicted molar refractivity (Wildman–Crippen MR) is 81.3 cm³/mol. The number of rotatable bonds is 3. The molecule has 1 saturated heterocycles. The number of hydrogen-bond donors (Lipinski definition) is 1. The molecule has 1 N–H and O–H groups in total. The van der Waals surface area contributed by atoms with Gasteiger partial charge in [-0.3, -0.25) is 0 Å². The zero-order valence-corrected chi connectivity index (χ0v) is 12.0. The second kappa shape index (κ2) is 5.63. The number of anilines is 2. The van der Waals surface area contributed by atoms with Crippen LogP contribution in [0.1, 0.15) is 12.8 Å². The molecule has 0 aliphatic carbocycles. The van der Waals surface area contributed by atoms with Crippen molar-refractivity contribution in [3.8, 4) is 0 Å². The van der Waals surface area contributed by atoms with Gasteiger partial charge < -0.3 is 15.0 Å². The van der Waals surface area contributed by atoms with Crippen LogP contribution in [0.25, 0.3) is 10.9 Å². The molecule has 1 aliphatic rings. The molecule has 20 heavy (non-hydrogen) atoms. The first-order valence-corrected chi connectivity index (χ1v) is 7.04. The van der Waals surface area contributed by atoms with E-state index in [1.807, 2.05) is 25.2 Å². The maximum atomic E-state index is 5.51. The van der Waals surface area contributed by atoms with Gasteiger partial charge in [0, 0.05) is 32.6 Å². The lowest BCUT2D eigenvalue weighted by atomic mass is 10.1. The molecule has 0 amide bonds. The maximum absolute atomic E-state index is 5.51. The summed E-state index contributed by atoms with van der Waals surface area (Å²) in [6.45, 7) is 1.91. The SMILES string of the molecule is CNc1nc(N2CCCC(OC)C2)c2ccccc2n1. The molecule has 0 spiro atoms. The molecule has 106 valence electrons. The van der Waals surface area contributed by atoms with E-state index < -0.39 is 0 Å². The van der Waals surface area contributed by atoms with Crippen LogP contribution in [0.5, 0.6) is 0 Å². The van der Waals surface area contributed by atoms with E-state index >= 15 is 0 Å². The molecule has 1 unspecified atom stereocenters. The zero-order chi connectivity index (χ0) is 13.9. The Morgan fingerprint density at radius 1 is 1.30 bits per heavy atom. The number of methoxy groups -OCH3 is 1. The molecule has 1 aromatic heterocycles. The summed E-state index contributed by atoms with van der Waals surface area (Å²) in [5.74, 6) is 1.67. The van der Waals surface area contributed by atoms with E-state index in [4.69, 9.17) is 4.74 Å². The lowest BCUT2D eigenvalue weighted by Crippen LogP contribution is -2.39. The fraction of sp³-hybridized carbons (Fsp3) is 0.467. The van der Waals surface area contributed by atoms with E-state index in [1.54, 1.807) is 7.11 Å². The fourth-order valence-corrected chi connectivity index (χ4v) is 2.74. The highest BCUT2D eigenvalue weighted by Crippen LogP contribution is 2.28. The molecule has 2 aromatic rings. The molecule has 0 radical (unpaired) electrons.